The van der Waals surface area contributed by atoms with Crippen LogP contribution in [-0.2, 0) is 22.1 Å². The van der Waals surface area contributed by atoms with Gasteiger partial charge in [0.2, 0.25) is 0 Å². The minimum Gasteiger partial charge on any atom is -0.444 e. The van der Waals surface area contributed by atoms with Crippen LogP contribution in [0.15, 0.2) is 30.7 Å². The number of amides is 1. The van der Waals surface area contributed by atoms with Crippen molar-refractivity contribution in [2.24, 2.45) is 0 Å². The molecule has 1 aliphatic rings. The number of hydrogen-bond acceptors (Lipinski definition) is 6. The first kappa shape index (κ1) is 24.6. The molecule has 1 amide bonds. The summed E-state index contributed by atoms with van der Waals surface area (Å²) < 4.78 is 43.6. The van der Waals surface area contributed by atoms with Crippen molar-refractivity contribution in [3.8, 4) is 11.3 Å². The highest BCUT2D eigenvalue weighted by Gasteiger charge is 2.40. The van der Waals surface area contributed by atoms with Crippen molar-refractivity contribution >= 4 is 11.9 Å². The number of ketones is 1. The molecule has 0 aromatic carbocycles. The lowest BCUT2D eigenvalue weighted by Crippen LogP contribution is -2.46. The molecule has 0 N–H and O–H groups in total. The van der Waals surface area contributed by atoms with E-state index in [1.165, 1.54) is 17.3 Å². The summed E-state index contributed by atoms with van der Waals surface area (Å²) in [6.07, 6.45) is -0.824. The molecular formula is C23H27F3N4O3. The van der Waals surface area contributed by atoms with Crippen LogP contribution in [0.3, 0.4) is 0 Å². The molecule has 1 fully saturated rings. The Morgan fingerprint density at radius 2 is 1.85 bits per heavy atom. The number of ether oxygens (including phenoxy) is 1. The van der Waals surface area contributed by atoms with Crippen molar-refractivity contribution in [2.45, 2.75) is 77.2 Å². The topological polar surface area (TPSA) is 85.3 Å². The number of aryl methyl sites for hydroxylation is 1. The Morgan fingerprint density at radius 1 is 1.12 bits per heavy atom. The predicted octanol–water partition coefficient (Wildman–Crippen LogP) is 4.85. The van der Waals surface area contributed by atoms with Crippen LogP contribution in [0.5, 0.6) is 0 Å². The Kier molecular flexibility index (Phi) is 7.04. The van der Waals surface area contributed by atoms with Gasteiger partial charge in [-0.1, -0.05) is 0 Å². The quantitative estimate of drug-likeness (QED) is 0.629. The molecule has 2 aromatic heterocycles. The second kappa shape index (κ2) is 9.44. The van der Waals surface area contributed by atoms with Gasteiger partial charge in [-0.05, 0) is 65.2 Å². The number of nitrogens with zero attached hydrogens (tertiary/aromatic N) is 4. The van der Waals surface area contributed by atoms with E-state index in [1.807, 2.05) is 6.92 Å². The highest BCUT2D eigenvalue weighted by Crippen LogP contribution is 2.29. The van der Waals surface area contributed by atoms with E-state index in [-0.39, 0.29) is 18.2 Å². The highest BCUT2D eigenvalue weighted by molar-refractivity contribution is 5.88. The standard InChI is InChI=1S/C23H27F3N4O3/c1-14-5-8-18(30(14)21(32)33-22(2,3)4)19(31)9-7-16-11-17(29-13-28-16)15-6-10-20(27-12-15)23(24,25)26/h6,10-14,18H,5,7-9H2,1-4H3/t14-,18+/m1/s1. The van der Waals surface area contributed by atoms with Gasteiger partial charge in [0.25, 0.3) is 0 Å². The number of likely N-dealkylation sites (tertiary alicyclic amines) is 1. The summed E-state index contributed by atoms with van der Waals surface area (Å²) >= 11 is 0. The number of pyridine rings is 1. The van der Waals surface area contributed by atoms with E-state index in [9.17, 15) is 22.8 Å². The molecule has 10 heteroatoms. The number of hydrogen-bond donors (Lipinski definition) is 0. The van der Waals surface area contributed by atoms with Crippen molar-refractivity contribution in [1.82, 2.24) is 19.9 Å². The Morgan fingerprint density at radius 3 is 2.45 bits per heavy atom. The van der Waals surface area contributed by atoms with Gasteiger partial charge in [0.05, 0.1) is 11.7 Å². The van der Waals surface area contributed by atoms with Gasteiger partial charge in [-0.2, -0.15) is 13.2 Å². The third-order valence-electron chi connectivity index (χ3n) is 5.35. The van der Waals surface area contributed by atoms with Gasteiger partial charge in [-0.25, -0.2) is 14.8 Å². The van der Waals surface area contributed by atoms with Gasteiger partial charge in [0, 0.05) is 29.9 Å². The molecule has 0 unspecified atom stereocenters. The minimum atomic E-state index is -4.51. The zero-order chi connectivity index (χ0) is 24.4. The van der Waals surface area contributed by atoms with Crippen molar-refractivity contribution in [1.29, 1.82) is 0 Å². The largest absolute Gasteiger partial charge is 0.444 e. The van der Waals surface area contributed by atoms with E-state index in [2.05, 4.69) is 15.0 Å². The molecule has 0 spiro atoms. The predicted molar refractivity (Wildman–Crippen MR) is 114 cm³/mol. The van der Waals surface area contributed by atoms with E-state index < -0.39 is 29.6 Å². The molecule has 2 atom stereocenters. The second-order valence-corrected chi connectivity index (χ2v) is 9.12. The Hall–Kier alpha value is -3.04. The van der Waals surface area contributed by atoms with Crippen LogP contribution in [0.2, 0.25) is 0 Å². The fourth-order valence-corrected chi connectivity index (χ4v) is 3.75. The fraction of sp³-hybridized carbons (Fsp3) is 0.522. The van der Waals surface area contributed by atoms with E-state index in [0.29, 0.717) is 36.2 Å². The lowest BCUT2D eigenvalue weighted by molar-refractivity contribution is -0.141. The third kappa shape index (κ3) is 6.27. The van der Waals surface area contributed by atoms with Gasteiger partial charge < -0.3 is 4.74 Å². The summed E-state index contributed by atoms with van der Waals surface area (Å²) in [6, 6.07) is 3.18. The number of carbonyl (C=O) groups is 2. The van der Waals surface area contributed by atoms with Crippen molar-refractivity contribution in [2.75, 3.05) is 0 Å². The Bertz CT molecular complexity index is 1000. The van der Waals surface area contributed by atoms with E-state index in [4.69, 9.17) is 4.74 Å². The average Bonchev–Trinajstić information content (AvgIpc) is 3.12. The fourth-order valence-electron chi connectivity index (χ4n) is 3.75. The number of aromatic nitrogens is 3. The molecule has 0 aliphatic carbocycles. The molecule has 33 heavy (non-hydrogen) atoms. The lowest BCUT2D eigenvalue weighted by Gasteiger charge is -2.30. The maximum Gasteiger partial charge on any atom is 0.433 e. The molecule has 1 aliphatic heterocycles. The molecule has 0 saturated carbocycles. The van der Waals surface area contributed by atoms with Gasteiger partial charge in [-0.15, -0.1) is 0 Å². The summed E-state index contributed by atoms with van der Waals surface area (Å²) in [4.78, 5) is 38.8. The van der Waals surface area contributed by atoms with Crippen molar-refractivity contribution in [3.05, 3.63) is 42.1 Å². The van der Waals surface area contributed by atoms with Gasteiger partial charge >= 0.3 is 12.3 Å². The van der Waals surface area contributed by atoms with Crippen LogP contribution < -0.4 is 0 Å². The number of Topliss-reactive ketones (excluding diaryl/α,β-unsaturated/α-hetero) is 1. The summed E-state index contributed by atoms with van der Waals surface area (Å²) in [6.45, 7) is 7.23. The van der Waals surface area contributed by atoms with Crippen LogP contribution in [0.1, 0.15) is 58.3 Å². The first-order valence-corrected chi connectivity index (χ1v) is 10.7. The van der Waals surface area contributed by atoms with Crippen LogP contribution in [0.4, 0.5) is 18.0 Å². The van der Waals surface area contributed by atoms with E-state index in [0.717, 1.165) is 12.3 Å². The molecule has 3 heterocycles. The maximum absolute atomic E-state index is 12.9. The highest BCUT2D eigenvalue weighted by atomic mass is 19.4. The summed E-state index contributed by atoms with van der Waals surface area (Å²) in [5, 5.41) is 0. The van der Waals surface area contributed by atoms with Crippen LogP contribution in [-0.4, -0.2) is 49.4 Å². The second-order valence-electron chi connectivity index (χ2n) is 9.12. The van der Waals surface area contributed by atoms with E-state index in [1.54, 1.807) is 26.8 Å². The van der Waals surface area contributed by atoms with Crippen LogP contribution in [0, 0.1) is 0 Å². The zero-order valence-electron chi connectivity index (χ0n) is 19.0. The summed E-state index contributed by atoms with van der Waals surface area (Å²) in [7, 11) is 0. The number of carbonyl (C=O) groups excluding carboxylic acids is 2. The number of alkyl halides is 3. The molecule has 3 rings (SSSR count). The van der Waals surface area contributed by atoms with Crippen molar-refractivity contribution < 1.29 is 27.5 Å². The Labute approximate surface area is 190 Å². The van der Waals surface area contributed by atoms with Crippen LogP contribution >= 0.6 is 0 Å². The summed E-state index contributed by atoms with van der Waals surface area (Å²) in [5.41, 5.74) is -0.232. The Balaban J connectivity index is 1.66. The molecule has 178 valence electrons. The normalized spacial score (nSPS) is 18.9. The van der Waals surface area contributed by atoms with Gasteiger partial charge in [-0.3, -0.25) is 14.7 Å². The molecule has 0 radical (unpaired) electrons. The first-order valence-electron chi connectivity index (χ1n) is 10.7. The third-order valence-corrected chi connectivity index (χ3v) is 5.35. The van der Waals surface area contributed by atoms with E-state index >= 15 is 0 Å². The molecular weight excluding hydrogens is 437 g/mol. The lowest BCUT2D eigenvalue weighted by atomic mass is 10.0. The summed E-state index contributed by atoms with van der Waals surface area (Å²) in [5.74, 6) is -0.0819. The number of halogens is 3. The first-order chi connectivity index (χ1) is 15.3. The smallest absolute Gasteiger partial charge is 0.433 e. The molecule has 1 saturated heterocycles. The molecule has 7 nitrogen and oxygen atoms in total. The monoisotopic (exact) mass is 464 g/mol. The van der Waals surface area contributed by atoms with Crippen molar-refractivity contribution in [3.63, 3.8) is 0 Å². The molecule has 0 bridgehead atoms. The SMILES string of the molecule is C[C@@H]1CC[C@@H](C(=O)CCc2cc(-c3ccc(C(F)(F)F)nc3)ncn2)N1C(=O)OC(C)(C)C. The van der Waals surface area contributed by atoms with Crippen LogP contribution in [0.25, 0.3) is 11.3 Å². The zero-order valence-corrected chi connectivity index (χ0v) is 19.0. The molecule has 2 aromatic rings. The number of rotatable bonds is 5. The average molecular weight is 464 g/mol. The van der Waals surface area contributed by atoms with Gasteiger partial charge in [0.1, 0.15) is 17.6 Å². The maximum atomic E-state index is 12.9. The van der Waals surface area contributed by atoms with Gasteiger partial charge in [0.15, 0.2) is 5.78 Å². The minimum absolute atomic E-state index is 0.0819.